The number of carbonyl (C=O) groups is 1. The number of anilines is 1. The molecular weight excluding hydrogens is 496 g/mol. The highest BCUT2D eigenvalue weighted by Crippen LogP contribution is 2.38. The molecule has 3 aliphatic rings. The van der Waals surface area contributed by atoms with E-state index < -0.39 is 0 Å². The highest BCUT2D eigenvalue weighted by atomic mass is 32.2. The molecule has 186 valence electrons. The van der Waals surface area contributed by atoms with E-state index in [2.05, 4.69) is 17.9 Å². The number of fused-ring (bicyclic) bond motifs is 1. The third kappa shape index (κ3) is 4.27. The lowest BCUT2D eigenvalue weighted by Crippen LogP contribution is -2.38. The van der Waals surface area contributed by atoms with Crippen LogP contribution in [0.1, 0.15) is 42.0 Å². The summed E-state index contributed by atoms with van der Waals surface area (Å²) in [5.74, 6) is 2.49. The molecule has 2 aromatic rings. The number of pyridine rings is 1. The number of nitrogens with zero attached hydrogens (tertiary/aromatic N) is 4. The summed E-state index contributed by atoms with van der Waals surface area (Å²) in [5.41, 5.74) is 1.94. The predicted molar refractivity (Wildman–Crippen MR) is 143 cm³/mol. The Kier molecular flexibility index (Phi) is 6.53. The minimum atomic E-state index is -0.323. The molecule has 2 saturated heterocycles. The van der Waals surface area contributed by atoms with Crippen LogP contribution in [0.25, 0.3) is 6.08 Å². The van der Waals surface area contributed by atoms with Gasteiger partial charge in [-0.05, 0) is 55.0 Å². The summed E-state index contributed by atoms with van der Waals surface area (Å²) in [5, 5.41) is 9.69. The number of amides is 1. The molecule has 0 bridgehead atoms. The van der Waals surface area contributed by atoms with Crippen LogP contribution >= 0.6 is 24.0 Å². The number of rotatable bonds is 4. The number of thiocarbonyl (C=S) groups is 1. The van der Waals surface area contributed by atoms with Crippen LogP contribution in [0.4, 0.5) is 5.82 Å². The van der Waals surface area contributed by atoms with Gasteiger partial charge < -0.3 is 14.4 Å². The van der Waals surface area contributed by atoms with Gasteiger partial charge in [0.05, 0.1) is 11.4 Å². The van der Waals surface area contributed by atoms with Gasteiger partial charge in [-0.15, -0.1) is 0 Å². The van der Waals surface area contributed by atoms with E-state index in [0.29, 0.717) is 44.3 Å². The SMILES string of the molecule is Cc1c(/C=C2/SC(=S)N(Cc3ccc4c(c3)OCO4)C2=O)c(N2CCC(C)CC2)n(C)c(=O)c1C#N. The van der Waals surface area contributed by atoms with Gasteiger partial charge in [0.1, 0.15) is 21.8 Å². The summed E-state index contributed by atoms with van der Waals surface area (Å²) in [6.07, 6.45) is 3.83. The van der Waals surface area contributed by atoms with E-state index in [4.69, 9.17) is 21.7 Å². The summed E-state index contributed by atoms with van der Waals surface area (Å²) in [7, 11) is 1.69. The first-order chi connectivity index (χ1) is 17.3. The average molecular weight is 523 g/mol. The van der Waals surface area contributed by atoms with Crippen molar-refractivity contribution in [2.45, 2.75) is 33.2 Å². The third-order valence-corrected chi connectivity index (χ3v) is 8.36. The monoisotopic (exact) mass is 522 g/mol. The van der Waals surface area contributed by atoms with Gasteiger partial charge >= 0.3 is 0 Å². The van der Waals surface area contributed by atoms with Gasteiger partial charge in [0.25, 0.3) is 11.5 Å². The molecular formula is C26H26N4O4S2. The zero-order valence-electron chi connectivity index (χ0n) is 20.4. The molecule has 8 nitrogen and oxygen atoms in total. The fourth-order valence-corrected chi connectivity index (χ4v) is 6.04. The second kappa shape index (κ2) is 9.64. The molecule has 3 aliphatic heterocycles. The van der Waals surface area contributed by atoms with Gasteiger partial charge in [-0.3, -0.25) is 19.1 Å². The van der Waals surface area contributed by atoms with Crippen molar-refractivity contribution in [3.63, 3.8) is 0 Å². The molecule has 1 amide bonds. The molecule has 0 radical (unpaired) electrons. The van der Waals surface area contributed by atoms with Crippen molar-refractivity contribution in [3.05, 3.63) is 55.7 Å². The summed E-state index contributed by atoms with van der Waals surface area (Å²) < 4.78 is 12.8. The van der Waals surface area contributed by atoms with Crippen LogP contribution < -0.4 is 19.9 Å². The molecule has 36 heavy (non-hydrogen) atoms. The normalized spacial score (nSPS) is 18.9. The van der Waals surface area contributed by atoms with Crippen molar-refractivity contribution in [2.75, 3.05) is 24.8 Å². The van der Waals surface area contributed by atoms with Gasteiger partial charge in [0, 0.05) is 25.7 Å². The van der Waals surface area contributed by atoms with Crippen LogP contribution in [0.3, 0.4) is 0 Å². The van der Waals surface area contributed by atoms with E-state index in [9.17, 15) is 14.9 Å². The Hall–Kier alpha value is -3.29. The highest BCUT2D eigenvalue weighted by molar-refractivity contribution is 8.26. The smallest absolute Gasteiger partial charge is 0.270 e. The van der Waals surface area contributed by atoms with E-state index in [0.717, 1.165) is 37.3 Å². The number of piperidine rings is 1. The molecule has 0 N–H and O–H groups in total. The maximum Gasteiger partial charge on any atom is 0.270 e. The first-order valence-electron chi connectivity index (χ1n) is 11.8. The number of aromatic nitrogens is 1. The minimum absolute atomic E-state index is 0.0914. The van der Waals surface area contributed by atoms with Gasteiger partial charge in [0.2, 0.25) is 6.79 Å². The lowest BCUT2D eigenvalue weighted by Gasteiger charge is -2.34. The van der Waals surface area contributed by atoms with E-state index in [1.807, 2.05) is 18.2 Å². The van der Waals surface area contributed by atoms with Crippen molar-refractivity contribution in [1.29, 1.82) is 5.26 Å². The Labute approximate surface area is 219 Å². The topological polar surface area (TPSA) is 87.8 Å². The van der Waals surface area contributed by atoms with Crippen LogP contribution in [0.5, 0.6) is 11.5 Å². The molecule has 1 aromatic carbocycles. The van der Waals surface area contributed by atoms with Crippen molar-refractivity contribution in [1.82, 2.24) is 9.47 Å². The molecule has 0 unspecified atom stereocenters. The van der Waals surface area contributed by atoms with Gasteiger partial charge in [-0.2, -0.15) is 5.26 Å². The molecule has 0 atom stereocenters. The van der Waals surface area contributed by atoms with Gasteiger partial charge in [0.15, 0.2) is 11.5 Å². The Bertz CT molecular complexity index is 1400. The largest absolute Gasteiger partial charge is 0.454 e. The first kappa shape index (κ1) is 24.4. The molecule has 0 saturated carbocycles. The number of nitriles is 1. The van der Waals surface area contributed by atoms with Crippen molar-refractivity contribution in [2.24, 2.45) is 13.0 Å². The Morgan fingerprint density at radius 3 is 2.67 bits per heavy atom. The third-order valence-electron chi connectivity index (χ3n) is 6.98. The molecule has 2 fully saturated rings. The molecule has 4 heterocycles. The molecule has 0 spiro atoms. The lowest BCUT2D eigenvalue weighted by atomic mass is 9.97. The molecule has 10 heteroatoms. The average Bonchev–Trinajstić information content (AvgIpc) is 3.43. The number of thioether (sulfide) groups is 1. The van der Waals surface area contributed by atoms with Crippen molar-refractivity contribution in [3.8, 4) is 17.6 Å². The highest BCUT2D eigenvalue weighted by Gasteiger charge is 2.34. The van der Waals surface area contributed by atoms with Crippen LogP contribution in [-0.2, 0) is 18.4 Å². The molecule has 5 rings (SSSR count). The van der Waals surface area contributed by atoms with Crippen LogP contribution in [0.15, 0.2) is 27.9 Å². The zero-order valence-corrected chi connectivity index (χ0v) is 22.0. The summed E-state index contributed by atoms with van der Waals surface area (Å²) >= 11 is 6.80. The van der Waals surface area contributed by atoms with Crippen molar-refractivity contribution >= 4 is 46.1 Å². The summed E-state index contributed by atoms with van der Waals surface area (Å²) in [6.45, 7) is 6.12. The van der Waals surface area contributed by atoms with Crippen molar-refractivity contribution < 1.29 is 14.3 Å². The van der Waals surface area contributed by atoms with E-state index >= 15 is 0 Å². The Balaban J connectivity index is 1.51. The summed E-state index contributed by atoms with van der Waals surface area (Å²) in [6, 6.07) is 7.63. The Morgan fingerprint density at radius 1 is 1.22 bits per heavy atom. The maximum atomic E-state index is 13.5. The number of hydrogen-bond acceptors (Lipinski definition) is 8. The quantitative estimate of drug-likeness (QED) is 0.441. The van der Waals surface area contributed by atoms with Crippen LogP contribution in [0.2, 0.25) is 0 Å². The fraction of sp³-hybridized carbons (Fsp3) is 0.385. The minimum Gasteiger partial charge on any atom is -0.454 e. The maximum absolute atomic E-state index is 13.5. The summed E-state index contributed by atoms with van der Waals surface area (Å²) in [4.78, 5) is 30.6. The molecule has 1 aromatic heterocycles. The van der Waals surface area contributed by atoms with Crippen LogP contribution in [-0.4, -0.2) is 39.6 Å². The number of hydrogen-bond donors (Lipinski definition) is 0. The second-order valence-corrected chi connectivity index (χ2v) is 11.0. The Morgan fingerprint density at radius 2 is 1.94 bits per heavy atom. The van der Waals surface area contributed by atoms with Crippen LogP contribution in [0, 0.1) is 24.2 Å². The predicted octanol–water partition coefficient (Wildman–Crippen LogP) is 3.93. The van der Waals surface area contributed by atoms with E-state index in [-0.39, 0.29) is 23.8 Å². The number of ether oxygens (including phenoxy) is 2. The fourth-order valence-electron chi connectivity index (χ4n) is 4.80. The molecule has 0 aliphatic carbocycles. The lowest BCUT2D eigenvalue weighted by molar-refractivity contribution is -0.122. The standard InChI is InChI=1S/C26H26N4O4S2/c1-15-6-8-29(9-7-15)23-18(16(2)19(12-27)24(31)28(23)3)11-22-25(32)30(26(35)36-22)13-17-4-5-20-21(10-17)34-14-33-20/h4-5,10-11,15H,6-9,13-14H2,1-3H3/b22-11+. The number of carbonyl (C=O) groups excluding carboxylic acids is 1. The second-order valence-electron chi connectivity index (χ2n) is 9.34. The van der Waals surface area contributed by atoms with E-state index in [1.165, 1.54) is 11.8 Å². The van der Waals surface area contributed by atoms with Gasteiger partial charge in [-0.1, -0.05) is 37.0 Å². The van der Waals surface area contributed by atoms with Gasteiger partial charge in [-0.25, -0.2) is 0 Å². The zero-order chi connectivity index (χ0) is 25.6. The number of benzene rings is 1. The first-order valence-corrected chi connectivity index (χ1v) is 13.0. The van der Waals surface area contributed by atoms with E-state index in [1.54, 1.807) is 29.5 Å².